The molecule has 5 rings (SSSR count). The summed E-state index contributed by atoms with van der Waals surface area (Å²) in [6.45, 7) is 0.197. The average Bonchev–Trinajstić information content (AvgIpc) is 3.22. The van der Waals surface area contributed by atoms with E-state index in [-0.39, 0.29) is 6.79 Å². The smallest absolute Gasteiger partial charge is 0.254 e. The zero-order valence-electron chi connectivity index (χ0n) is 16.5. The topological polar surface area (TPSA) is 86.3 Å². The van der Waals surface area contributed by atoms with E-state index in [0.29, 0.717) is 34.4 Å². The number of fused-ring (bicyclic) bond motifs is 2. The van der Waals surface area contributed by atoms with Gasteiger partial charge in [0.25, 0.3) is 5.91 Å². The van der Waals surface area contributed by atoms with Crippen LogP contribution in [0, 0.1) is 0 Å². The highest BCUT2D eigenvalue weighted by Crippen LogP contribution is 2.46. The molecule has 0 bridgehead atoms. The Morgan fingerprint density at radius 2 is 1.68 bits per heavy atom. The Morgan fingerprint density at radius 3 is 2.48 bits per heavy atom. The molecule has 2 atom stereocenters. The number of hydrogen-bond acceptors (Lipinski definition) is 7. The fourth-order valence-electron chi connectivity index (χ4n) is 3.43. The number of nitrogens with one attached hydrogen (secondary N) is 1. The lowest BCUT2D eigenvalue weighted by molar-refractivity contribution is -0.124. The Morgan fingerprint density at radius 1 is 0.968 bits per heavy atom. The van der Waals surface area contributed by atoms with Crippen LogP contribution in [-0.4, -0.2) is 31.0 Å². The molecule has 2 aliphatic heterocycles. The van der Waals surface area contributed by atoms with Gasteiger partial charge in [0.05, 0.1) is 18.0 Å². The predicted octanol–water partition coefficient (Wildman–Crippen LogP) is 4.36. The number of carbonyl (C=O) groups excluding carboxylic acids is 1. The number of ether oxygens (including phenoxy) is 4. The van der Waals surface area contributed by atoms with Crippen LogP contribution in [-0.2, 0) is 4.79 Å². The first-order valence-corrected chi connectivity index (χ1v) is 10.5. The summed E-state index contributed by atoms with van der Waals surface area (Å²) < 4.78 is 21.9. The highest BCUT2D eigenvalue weighted by molar-refractivity contribution is 7.99. The molecule has 8 heteroatoms. The van der Waals surface area contributed by atoms with Gasteiger partial charge in [0.2, 0.25) is 6.79 Å². The third-order valence-electron chi connectivity index (χ3n) is 5.04. The van der Waals surface area contributed by atoms with Crippen LogP contribution in [0.4, 0.5) is 5.69 Å². The maximum Gasteiger partial charge on any atom is 0.254 e. The lowest BCUT2D eigenvalue weighted by Crippen LogP contribution is -2.30. The zero-order valence-corrected chi connectivity index (χ0v) is 17.3. The number of amides is 1. The average molecular weight is 437 g/mol. The predicted molar refractivity (Wildman–Crippen MR) is 115 cm³/mol. The van der Waals surface area contributed by atoms with E-state index in [9.17, 15) is 9.90 Å². The van der Waals surface area contributed by atoms with Crippen molar-refractivity contribution in [2.24, 2.45) is 0 Å². The molecule has 3 aromatic rings. The van der Waals surface area contributed by atoms with Gasteiger partial charge >= 0.3 is 0 Å². The van der Waals surface area contributed by atoms with Gasteiger partial charge in [0, 0.05) is 11.0 Å². The number of rotatable bonds is 4. The van der Waals surface area contributed by atoms with Crippen molar-refractivity contribution in [3.63, 3.8) is 0 Å². The maximum atomic E-state index is 12.5. The van der Waals surface area contributed by atoms with Crippen molar-refractivity contribution in [3.8, 4) is 28.7 Å². The molecule has 31 heavy (non-hydrogen) atoms. The van der Waals surface area contributed by atoms with Crippen LogP contribution in [0.5, 0.6) is 28.7 Å². The maximum absolute atomic E-state index is 12.5. The van der Waals surface area contributed by atoms with Gasteiger partial charge in [-0.05, 0) is 48.0 Å². The SMILES string of the molecule is COc1ccc([C@@H]2Sc3cc(Oc4ccc5c(c4)OCO5)ccc3NC(=O)[C@@H]2O)cc1. The molecule has 2 N–H and O–H groups in total. The molecule has 3 aromatic carbocycles. The highest BCUT2D eigenvalue weighted by atomic mass is 32.2. The lowest BCUT2D eigenvalue weighted by atomic mass is 10.1. The minimum absolute atomic E-state index is 0.197. The number of thioether (sulfide) groups is 1. The van der Waals surface area contributed by atoms with Crippen LogP contribution in [0.1, 0.15) is 10.8 Å². The summed E-state index contributed by atoms with van der Waals surface area (Å²) in [5, 5.41) is 13.0. The van der Waals surface area contributed by atoms with E-state index >= 15 is 0 Å². The van der Waals surface area contributed by atoms with Crippen molar-refractivity contribution in [1.82, 2.24) is 0 Å². The van der Waals surface area contributed by atoms with Gasteiger partial charge in [0.1, 0.15) is 23.4 Å². The summed E-state index contributed by atoms with van der Waals surface area (Å²) >= 11 is 1.40. The molecular weight excluding hydrogens is 418 g/mol. The van der Waals surface area contributed by atoms with Crippen LogP contribution in [0.3, 0.4) is 0 Å². The summed E-state index contributed by atoms with van der Waals surface area (Å²) in [4.78, 5) is 13.3. The van der Waals surface area contributed by atoms with Crippen LogP contribution < -0.4 is 24.3 Å². The molecule has 7 nitrogen and oxygen atoms in total. The minimum atomic E-state index is -1.20. The fraction of sp³-hybridized carbons (Fsp3) is 0.174. The lowest BCUT2D eigenvalue weighted by Gasteiger charge is -2.19. The Bertz CT molecular complexity index is 1130. The molecule has 158 valence electrons. The Labute approximate surface area is 182 Å². The van der Waals surface area contributed by atoms with Crippen LogP contribution in [0.15, 0.2) is 65.6 Å². The summed E-state index contributed by atoms with van der Waals surface area (Å²) in [7, 11) is 1.59. The van der Waals surface area contributed by atoms with Gasteiger partial charge in [-0.25, -0.2) is 0 Å². The van der Waals surface area contributed by atoms with E-state index in [1.54, 1.807) is 37.4 Å². The van der Waals surface area contributed by atoms with Crippen molar-refractivity contribution in [3.05, 3.63) is 66.2 Å². The summed E-state index contributed by atoms with van der Waals surface area (Å²) in [6.07, 6.45) is -1.20. The molecule has 0 radical (unpaired) electrons. The van der Waals surface area contributed by atoms with Crippen molar-refractivity contribution in [1.29, 1.82) is 0 Å². The van der Waals surface area contributed by atoms with E-state index in [0.717, 1.165) is 10.5 Å². The summed E-state index contributed by atoms with van der Waals surface area (Å²) in [5.41, 5.74) is 1.45. The molecule has 0 saturated heterocycles. The highest BCUT2D eigenvalue weighted by Gasteiger charge is 2.33. The van der Waals surface area contributed by atoms with Crippen LogP contribution in [0.25, 0.3) is 0 Å². The molecule has 0 saturated carbocycles. The van der Waals surface area contributed by atoms with Crippen molar-refractivity contribution < 1.29 is 28.8 Å². The Balaban J connectivity index is 1.43. The monoisotopic (exact) mass is 437 g/mol. The number of aliphatic hydroxyl groups excluding tert-OH is 1. The molecule has 0 aromatic heterocycles. The van der Waals surface area contributed by atoms with E-state index in [4.69, 9.17) is 18.9 Å². The third-order valence-corrected chi connectivity index (χ3v) is 6.42. The number of hydrogen-bond donors (Lipinski definition) is 2. The molecule has 0 unspecified atom stereocenters. The van der Waals surface area contributed by atoms with E-state index in [2.05, 4.69) is 5.32 Å². The summed E-state index contributed by atoms with van der Waals surface area (Å²) in [6, 6.07) is 18.1. The number of benzene rings is 3. The zero-order chi connectivity index (χ0) is 21.4. The van der Waals surface area contributed by atoms with Crippen molar-refractivity contribution in [2.75, 3.05) is 19.2 Å². The molecular formula is C23H19NO6S. The second-order valence-electron chi connectivity index (χ2n) is 7.02. The number of anilines is 1. The van der Waals surface area contributed by atoms with Crippen molar-refractivity contribution in [2.45, 2.75) is 16.2 Å². The largest absolute Gasteiger partial charge is 0.497 e. The number of carbonyl (C=O) groups is 1. The first kappa shape index (κ1) is 19.6. The van der Waals surface area contributed by atoms with E-state index in [1.165, 1.54) is 11.8 Å². The number of methoxy groups -OCH3 is 1. The third kappa shape index (κ3) is 3.87. The molecule has 0 spiro atoms. The second-order valence-corrected chi connectivity index (χ2v) is 8.20. The van der Waals surface area contributed by atoms with Crippen LogP contribution in [0.2, 0.25) is 0 Å². The second kappa shape index (κ2) is 8.05. The van der Waals surface area contributed by atoms with Gasteiger partial charge in [-0.2, -0.15) is 0 Å². The van der Waals surface area contributed by atoms with Gasteiger partial charge in [0.15, 0.2) is 11.5 Å². The first-order valence-electron chi connectivity index (χ1n) is 9.62. The number of aliphatic hydroxyl groups is 1. The molecule has 1 amide bonds. The summed E-state index contributed by atoms with van der Waals surface area (Å²) in [5.74, 6) is 2.79. The quantitative estimate of drug-likeness (QED) is 0.627. The van der Waals surface area contributed by atoms with Gasteiger partial charge in [-0.1, -0.05) is 12.1 Å². The van der Waals surface area contributed by atoms with Crippen molar-refractivity contribution >= 4 is 23.4 Å². The van der Waals surface area contributed by atoms with Crippen LogP contribution >= 0.6 is 11.8 Å². The van der Waals surface area contributed by atoms with Gasteiger partial charge in [-0.15, -0.1) is 11.8 Å². The standard InChI is InChI=1S/C23H19NO6S/c1-27-14-4-2-13(3-5-14)22-21(25)23(26)24-17-8-6-16(11-20(17)31-22)30-15-7-9-18-19(10-15)29-12-28-18/h2-11,21-22,25H,12H2,1H3,(H,24,26)/t21-,22+/m1/s1. The molecule has 2 aliphatic rings. The van der Waals surface area contributed by atoms with E-state index < -0.39 is 17.3 Å². The molecule has 2 heterocycles. The first-order chi connectivity index (χ1) is 15.1. The molecule has 0 aliphatic carbocycles. The Hall–Kier alpha value is -3.36. The fourth-order valence-corrected chi connectivity index (χ4v) is 4.68. The normalized spacial score (nSPS) is 19.2. The Kier molecular flexibility index (Phi) is 5.09. The van der Waals surface area contributed by atoms with E-state index in [1.807, 2.05) is 30.3 Å². The molecule has 0 fully saturated rings. The minimum Gasteiger partial charge on any atom is -0.497 e. The van der Waals surface area contributed by atoms with Gasteiger partial charge in [-0.3, -0.25) is 4.79 Å². The van der Waals surface area contributed by atoms with Gasteiger partial charge < -0.3 is 29.4 Å².